The quantitative estimate of drug-likeness (QED) is 0.596. The van der Waals surface area contributed by atoms with E-state index in [4.69, 9.17) is 4.74 Å². The van der Waals surface area contributed by atoms with Crippen LogP contribution in [-0.4, -0.2) is 18.4 Å². The van der Waals surface area contributed by atoms with Crippen molar-refractivity contribution in [1.82, 2.24) is 0 Å². The molecule has 0 unspecified atom stereocenters. The van der Waals surface area contributed by atoms with E-state index < -0.39 is 5.97 Å². The predicted octanol–water partition coefficient (Wildman–Crippen LogP) is 2.75. The zero-order chi connectivity index (χ0) is 13.5. The molecule has 0 atom stereocenters. The van der Waals surface area contributed by atoms with Gasteiger partial charge in [0.2, 0.25) is 0 Å². The summed E-state index contributed by atoms with van der Waals surface area (Å²) in [6.07, 6.45) is 1.46. The number of esters is 1. The smallest absolute Gasteiger partial charge is 0.313 e. The number of rotatable bonds is 5. The Balaban J connectivity index is 2.52. The van der Waals surface area contributed by atoms with Crippen LogP contribution in [0.15, 0.2) is 30.3 Å². The molecule has 0 bridgehead atoms. The van der Waals surface area contributed by atoms with Gasteiger partial charge in [0.25, 0.3) is 0 Å². The number of halogens is 1. The molecule has 0 saturated carbocycles. The summed E-state index contributed by atoms with van der Waals surface area (Å²) >= 11 is 0. The van der Waals surface area contributed by atoms with Crippen molar-refractivity contribution < 1.29 is 18.7 Å². The van der Waals surface area contributed by atoms with Gasteiger partial charge < -0.3 is 4.74 Å². The van der Waals surface area contributed by atoms with Gasteiger partial charge in [0.1, 0.15) is 24.6 Å². The van der Waals surface area contributed by atoms with Crippen LogP contribution < -0.4 is 0 Å². The highest BCUT2D eigenvalue weighted by atomic mass is 19.1. The minimum Gasteiger partial charge on any atom is -0.461 e. The lowest BCUT2D eigenvalue weighted by molar-refractivity contribution is -0.144. The summed E-state index contributed by atoms with van der Waals surface area (Å²) in [4.78, 5) is 21.7. The molecule has 1 rings (SSSR count). The highest BCUT2D eigenvalue weighted by molar-refractivity contribution is 5.94. The van der Waals surface area contributed by atoms with Crippen LogP contribution in [0.2, 0.25) is 0 Å². The van der Waals surface area contributed by atoms with Crippen molar-refractivity contribution in [3.05, 3.63) is 41.7 Å². The SMILES string of the molecule is CC(=O)CC(=O)OCC=C(C)c1cccc(F)c1. The Morgan fingerprint density at radius 1 is 1.33 bits per heavy atom. The van der Waals surface area contributed by atoms with Crippen LogP contribution >= 0.6 is 0 Å². The topological polar surface area (TPSA) is 43.4 Å². The number of ketones is 1. The third kappa shape index (κ3) is 4.91. The molecule has 96 valence electrons. The van der Waals surface area contributed by atoms with Crippen LogP contribution in [-0.2, 0) is 14.3 Å². The van der Waals surface area contributed by atoms with Gasteiger partial charge in [0, 0.05) is 0 Å². The van der Waals surface area contributed by atoms with E-state index in [2.05, 4.69) is 0 Å². The molecule has 0 amide bonds. The molecule has 0 saturated heterocycles. The van der Waals surface area contributed by atoms with E-state index in [0.717, 1.165) is 11.1 Å². The number of allylic oxidation sites excluding steroid dienone is 1. The number of Topliss-reactive ketones (excluding diaryl/α,β-unsaturated/α-hetero) is 1. The molecule has 0 radical (unpaired) electrons. The largest absolute Gasteiger partial charge is 0.461 e. The Kier molecular flexibility index (Phi) is 5.24. The van der Waals surface area contributed by atoms with Gasteiger partial charge >= 0.3 is 5.97 Å². The first-order valence-electron chi connectivity index (χ1n) is 5.57. The molecule has 4 heteroatoms. The van der Waals surface area contributed by atoms with Crippen molar-refractivity contribution in [2.75, 3.05) is 6.61 Å². The van der Waals surface area contributed by atoms with Gasteiger partial charge in [0.05, 0.1) is 0 Å². The van der Waals surface area contributed by atoms with Crippen molar-refractivity contribution in [1.29, 1.82) is 0 Å². The molecule has 0 fully saturated rings. The first-order chi connectivity index (χ1) is 8.49. The standard InChI is InChI=1S/C14H15FO3/c1-10(12-4-3-5-13(15)9-12)6-7-18-14(17)8-11(2)16/h3-6,9H,7-8H2,1-2H3. The molecule has 1 aromatic rings. The first-order valence-corrected chi connectivity index (χ1v) is 5.57. The molecule has 0 aliphatic carbocycles. The minimum absolute atomic E-state index is 0.0778. The summed E-state index contributed by atoms with van der Waals surface area (Å²) in [5.74, 6) is -1.09. The van der Waals surface area contributed by atoms with Crippen molar-refractivity contribution in [3.63, 3.8) is 0 Å². The lowest BCUT2D eigenvalue weighted by Gasteiger charge is -2.03. The average Bonchev–Trinajstić information content (AvgIpc) is 2.27. The van der Waals surface area contributed by atoms with Gasteiger partial charge in [0.15, 0.2) is 0 Å². The number of ether oxygens (including phenoxy) is 1. The summed E-state index contributed by atoms with van der Waals surface area (Å²) in [7, 11) is 0. The number of hydrogen-bond donors (Lipinski definition) is 0. The van der Waals surface area contributed by atoms with E-state index in [9.17, 15) is 14.0 Å². The van der Waals surface area contributed by atoms with Crippen LogP contribution in [0.25, 0.3) is 5.57 Å². The predicted molar refractivity (Wildman–Crippen MR) is 66.3 cm³/mol. The summed E-state index contributed by atoms with van der Waals surface area (Å²) < 4.78 is 17.8. The van der Waals surface area contributed by atoms with E-state index in [0.29, 0.717) is 0 Å². The Morgan fingerprint density at radius 3 is 2.67 bits per heavy atom. The maximum Gasteiger partial charge on any atom is 0.313 e. The second-order valence-corrected chi connectivity index (χ2v) is 3.96. The molecular formula is C14H15FO3. The number of hydrogen-bond acceptors (Lipinski definition) is 3. The number of benzene rings is 1. The van der Waals surface area contributed by atoms with Crippen molar-refractivity contribution in [3.8, 4) is 0 Å². The summed E-state index contributed by atoms with van der Waals surface area (Å²) in [6.45, 7) is 3.21. The first kappa shape index (κ1) is 14.1. The third-order valence-electron chi connectivity index (χ3n) is 2.31. The van der Waals surface area contributed by atoms with Gasteiger partial charge in [-0.1, -0.05) is 12.1 Å². The summed E-state index contributed by atoms with van der Waals surface area (Å²) in [5.41, 5.74) is 1.54. The van der Waals surface area contributed by atoms with Crippen LogP contribution in [0.5, 0.6) is 0 Å². The molecule has 18 heavy (non-hydrogen) atoms. The molecule has 0 N–H and O–H groups in total. The monoisotopic (exact) mass is 250 g/mol. The highest BCUT2D eigenvalue weighted by Gasteiger charge is 2.05. The maximum atomic E-state index is 13.0. The fourth-order valence-electron chi connectivity index (χ4n) is 1.37. The minimum atomic E-state index is -0.550. The molecule has 0 spiro atoms. The second kappa shape index (κ2) is 6.69. The van der Waals surface area contributed by atoms with Crippen molar-refractivity contribution in [2.45, 2.75) is 20.3 Å². The Hall–Kier alpha value is -1.97. The molecule has 0 aromatic heterocycles. The molecule has 3 nitrogen and oxygen atoms in total. The van der Waals surface area contributed by atoms with E-state index >= 15 is 0 Å². The third-order valence-corrected chi connectivity index (χ3v) is 2.31. The van der Waals surface area contributed by atoms with Crippen LogP contribution in [0, 0.1) is 5.82 Å². The summed E-state index contributed by atoms with van der Waals surface area (Å²) in [6, 6.07) is 6.16. The van der Waals surface area contributed by atoms with Crippen LogP contribution in [0.1, 0.15) is 25.8 Å². The fourth-order valence-corrected chi connectivity index (χ4v) is 1.37. The number of carbonyl (C=O) groups excluding carboxylic acids is 2. The van der Waals surface area contributed by atoms with E-state index in [1.54, 1.807) is 25.1 Å². The van der Waals surface area contributed by atoms with E-state index in [1.165, 1.54) is 19.1 Å². The average molecular weight is 250 g/mol. The fraction of sp³-hybridized carbons (Fsp3) is 0.286. The zero-order valence-corrected chi connectivity index (χ0v) is 10.4. The zero-order valence-electron chi connectivity index (χ0n) is 10.4. The Bertz CT molecular complexity index is 478. The van der Waals surface area contributed by atoms with Crippen LogP contribution in [0.4, 0.5) is 4.39 Å². The highest BCUT2D eigenvalue weighted by Crippen LogP contribution is 2.14. The van der Waals surface area contributed by atoms with Crippen molar-refractivity contribution >= 4 is 17.3 Å². The summed E-state index contributed by atoms with van der Waals surface area (Å²) in [5, 5.41) is 0. The normalized spacial score (nSPS) is 11.2. The Labute approximate surface area is 105 Å². The molecule has 0 aliphatic rings. The second-order valence-electron chi connectivity index (χ2n) is 3.96. The van der Waals surface area contributed by atoms with Gasteiger partial charge in [-0.3, -0.25) is 9.59 Å². The molecule has 1 aromatic carbocycles. The van der Waals surface area contributed by atoms with Gasteiger partial charge in [-0.15, -0.1) is 0 Å². The molecule has 0 aliphatic heterocycles. The van der Waals surface area contributed by atoms with E-state index in [-0.39, 0.29) is 24.6 Å². The van der Waals surface area contributed by atoms with Crippen LogP contribution in [0.3, 0.4) is 0 Å². The molecular weight excluding hydrogens is 235 g/mol. The van der Waals surface area contributed by atoms with E-state index in [1.807, 2.05) is 0 Å². The van der Waals surface area contributed by atoms with Gasteiger partial charge in [-0.25, -0.2) is 4.39 Å². The lowest BCUT2D eigenvalue weighted by Crippen LogP contribution is -2.08. The van der Waals surface area contributed by atoms with Gasteiger partial charge in [-0.2, -0.15) is 0 Å². The maximum absolute atomic E-state index is 13.0. The molecule has 0 heterocycles. The van der Waals surface area contributed by atoms with Gasteiger partial charge in [-0.05, 0) is 43.2 Å². The van der Waals surface area contributed by atoms with Crippen molar-refractivity contribution in [2.24, 2.45) is 0 Å². The number of carbonyl (C=O) groups is 2. The lowest BCUT2D eigenvalue weighted by atomic mass is 10.1. The Morgan fingerprint density at radius 2 is 2.06 bits per heavy atom.